The molecule has 0 N–H and O–H groups in total. The Morgan fingerprint density at radius 1 is 0.806 bits per heavy atom. The van der Waals surface area contributed by atoms with Crippen molar-refractivity contribution < 1.29 is 26.4 Å². The summed E-state index contributed by atoms with van der Waals surface area (Å²) in [4.78, 5) is 12.0. The van der Waals surface area contributed by atoms with Crippen LogP contribution in [0.25, 0.3) is 0 Å². The maximum atomic E-state index is 12.0. The number of nitrogens with zero attached hydrogens (tertiary/aromatic N) is 1. The lowest BCUT2D eigenvalue weighted by molar-refractivity contribution is -0.812. The van der Waals surface area contributed by atoms with Crippen molar-refractivity contribution in [2.75, 3.05) is 27.2 Å². The fourth-order valence-electron chi connectivity index (χ4n) is 2.97. The Morgan fingerprint density at radius 3 is 1.65 bits per heavy atom. The minimum atomic E-state index is -4.42. The highest BCUT2D eigenvalue weighted by Gasteiger charge is 2.22. The molecular weight excluding hydrogens is 414 g/mol. The van der Waals surface area contributed by atoms with Crippen molar-refractivity contribution in [1.82, 2.24) is 0 Å². The van der Waals surface area contributed by atoms with Crippen LogP contribution >= 0.6 is 0 Å². The van der Waals surface area contributed by atoms with E-state index in [1.165, 1.54) is 84.0 Å². The van der Waals surface area contributed by atoms with Gasteiger partial charge in [0.1, 0.15) is 0 Å². The number of carbonyl (C=O) groups excluding carboxylic acids is 1. The Labute approximate surface area is 193 Å². The van der Waals surface area contributed by atoms with Gasteiger partial charge in [0.2, 0.25) is 10.4 Å². The van der Waals surface area contributed by atoms with Crippen LogP contribution in [0.5, 0.6) is 0 Å². The first kappa shape index (κ1) is 32.4. The zero-order valence-corrected chi connectivity index (χ0v) is 21.7. The Balaban J connectivity index is 0. The lowest BCUT2D eigenvalue weighted by Crippen LogP contribution is -2.45. The minimum absolute atomic E-state index is 0.0914. The summed E-state index contributed by atoms with van der Waals surface area (Å²) in [6.07, 6.45) is 22.5. The number of unbranched alkanes of at least 4 members (excludes halogenated alkanes) is 11. The van der Waals surface area contributed by atoms with Gasteiger partial charge >= 0.3 is 5.91 Å². The normalized spacial score (nSPS) is 12.1. The first-order chi connectivity index (χ1) is 14.6. The van der Waals surface area contributed by atoms with Gasteiger partial charge in [0.15, 0.2) is 0 Å². The van der Waals surface area contributed by atoms with Crippen LogP contribution in [0.4, 0.5) is 0 Å². The molecule has 0 fully saturated rings. The van der Waals surface area contributed by atoms with E-state index in [1.807, 2.05) is 14.1 Å². The molecule has 0 rings (SSSR count). The van der Waals surface area contributed by atoms with Gasteiger partial charge in [0.25, 0.3) is 0 Å². The molecule has 186 valence electrons. The molecule has 0 aromatic heterocycles. The van der Waals surface area contributed by atoms with E-state index in [9.17, 15) is 17.8 Å². The standard InChI is InChI=1S/C22H44NO.C2H6O4S/c1-5-7-8-9-10-11-12-13-14-15-16-17-18-19-20-21-22(24)23(3,4)6-2;1-2-6-7(3,4)5/h13-14H,5-12,15-21H2,1-4H3;2H2,1H3,(H,3,4,5)/q+1;/p-1/b14-13-;. The van der Waals surface area contributed by atoms with E-state index >= 15 is 0 Å². The first-order valence-electron chi connectivity index (χ1n) is 12.2. The molecular formula is C24H49NO5S. The van der Waals surface area contributed by atoms with Gasteiger partial charge < -0.3 is 4.55 Å². The third-order valence-corrected chi connectivity index (χ3v) is 5.90. The van der Waals surface area contributed by atoms with Crippen LogP contribution in [-0.4, -0.2) is 50.6 Å². The molecule has 0 bridgehead atoms. The SMILES string of the molecule is CCCCCCCC/C=C\CCCCCCCC(=O)[N+](C)(C)CC.CCOS(=O)(=O)[O-]. The van der Waals surface area contributed by atoms with Crippen LogP contribution in [0.1, 0.15) is 111 Å². The maximum absolute atomic E-state index is 12.0. The van der Waals surface area contributed by atoms with Crippen molar-refractivity contribution in [2.24, 2.45) is 0 Å². The van der Waals surface area contributed by atoms with Gasteiger partial charge in [-0.3, -0.25) is 8.67 Å². The van der Waals surface area contributed by atoms with Gasteiger partial charge in [-0.1, -0.05) is 70.4 Å². The predicted molar refractivity (Wildman–Crippen MR) is 128 cm³/mol. The highest BCUT2D eigenvalue weighted by molar-refractivity contribution is 7.80. The zero-order chi connectivity index (χ0) is 24.0. The summed E-state index contributed by atoms with van der Waals surface area (Å²) in [5.41, 5.74) is 0. The molecule has 31 heavy (non-hydrogen) atoms. The molecule has 0 aliphatic carbocycles. The molecule has 6 nitrogen and oxygen atoms in total. The molecule has 0 atom stereocenters. The van der Waals surface area contributed by atoms with E-state index in [1.54, 1.807) is 0 Å². The van der Waals surface area contributed by atoms with Gasteiger partial charge in [-0.25, -0.2) is 13.2 Å². The number of hydrogen-bond acceptors (Lipinski definition) is 5. The van der Waals surface area contributed by atoms with Gasteiger partial charge in [0, 0.05) is 0 Å². The van der Waals surface area contributed by atoms with Crippen LogP contribution < -0.4 is 0 Å². The predicted octanol–water partition coefficient (Wildman–Crippen LogP) is 6.13. The van der Waals surface area contributed by atoms with E-state index in [0.717, 1.165) is 19.4 Å². The smallest absolute Gasteiger partial charge is 0.313 e. The largest absolute Gasteiger partial charge is 0.726 e. The number of carbonyl (C=O) groups is 1. The summed E-state index contributed by atoms with van der Waals surface area (Å²) in [5, 5.41) is 0. The topological polar surface area (TPSA) is 83.5 Å². The summed E-state index contributed by atoms with van der Waals surface area (Å²) in [5.74, 6) is 0.384. The molecule has 0 aromatic rings. The minimum Gasteiger partial charge on any atom is -0.726 e. The molecule has 0 heterocycles. The number of amides is 1. The average molecular weight is 464 g/mol. The van der Waals surface area contributed by atoms with Gasteiger partial charge in [-0.2, -0.15) is 0 Å². The van der Waals surface area contributed by atoms with E-state index in [4.69, 9.17) is 0 Å². The molecule has 0 saturated heterocycles. The third-order valence-electron chi connectivity index (χ3n) is 5.38. The molecule has 0 aliphatic rings. The second kappa shape index (κ2) is 21.1. The molecule has 1 amide bonds. The Morgan fingerprint density at radius 2 is 1.26 bits per heavy atom. The molecule has 7 heteroatoms. The van der Waals surface area contributed by atoms with Crippen LogP contribution in [0, 0.1) is 0 Å². The molecule has 0 aliphatic heterocycles. The van der Waals surface area contributed by atoms with Crippen molar-refractivity contribution in [3.63, 3.8) is 0 Å². The van der Waals surface area contributed by atoms with E-state index in [2.05, 4.69) is 30.2 Å². The monoisotopic (exact) mass is 463 g/mol. The summed E-state index contributed by atoms with van der Waals surface area (Å²) < 4.78 is 32.5. The van der Waals surface area contributed by atoms with Gasteiger partial charge in [0.05, 0.1) is 33.7 Å². The number of allylic oxidation sites excluding steroid dienone is 2. The zero-order valence-electron chi connectivity index (χ0n) is 20.9. The van der Waals surface area contributed by atoms with Crippen molar-refractivity contribution in [3.8, 4) is 0 Å². The summed E-state index contributed by atoms with van der Waals surface area (Å²) >= 11 is 0. The fourth-order valence-corrected chi connectivity index (χ4v) is 3.26. The highest BCUT2D eigenvalue weighted by atomic mass is 32.3. The molecule has 0 unspecified atom stereocenters. The second-order valence-electron chi connectivity index (χ2n) is 8.54. The lowest BCUT2D eigenvalue weighted by Gasteiger charge is -2.24. The van der Waals surface area contributed by atoms with Crippen LogP contribution in [-0.2, 0) is 19.4 Å². The van der Waals surface area contributed by atoms with Crippen molar-refractivity contribution in [1.29, 1.82) is 0 Å². The Hall–Kier alpha value is -0.760. The maximum Gasteiger partial charge on any atom is 0.313 e. The van der Waals surface area contributed by atoms with Crippen molar-refractivity contribution in [2.45, 2.75) is 111 Å². The van der Waals surface area contributed by atoms with Gasteiger partial charge in [-0.15, -0.1) is 0 Å². The van der Waals surface area contributed by atoms with E-state index in [-0.39, 0.29) is 6.61 Å². The quantitative estimate of drug-likeness (QED) is 0.0802. The number of rotatable bonds is 18. The van der Waals surface area contributed by atoms with Crippen molar-refractivity contribution >= 4 is 16.3 Å². The molecule has 0 saturated carbocycles. The highest BCUT2D eigenvalue weighted by Crippen LogP contribution is 2.11. The van der Waals surface area contributed by atoms with E-state index in [0.29, 0.717) is 10.4 Å². The summed E-state index contributed by atoms with van der Waals surface area (Å²) in [7, 11) is -0.397. The summed E-state index contributed by atoms with van der Waals surface area (Å²) in [6, 6.07) is 0. The molecule has 0 spiro atoms. The number of hydrogen-bond donors (Lipinski definition) is 0. The number of quaternary nitrogens is 1. The Kier molecular flexibility index (Phi) is 22.1. The lowest BCUT2D eigenvalue weighted by atomic mass is 10.1. The molecule has 0 aromatic carbocycles. The molecule has 0 radical (unpaired) electrons. The average Bonchev–Trinajstić information content (AvgIpc) is 2.70. The van der Waals surface area contributed by atoms with Crippen molar-refractivity contribution in [3.05, 3.63) is 12.2 Å². The van der Waals surface area contributed by atoms with Crippen LogP contribution in [0.3, 0.4) is 0 Å². The second-order valence-corrected chi connectivity index (χ2v) is 9.60. The third kappa shape index (κ3) is 25.4. The van der Waals surface area contributed by atoms with E-state index < -0.39 is 10.4 Å². The first-order valence-corrected chi connectivity index (χ1v) is 13.6. The van der Waals surface area contributed by atoms with Crippen LogP contribution in [0.2, 0.25) is 0 Å². The van der Waals surface area contributed by atoms with Gasteiger partial charge in [-0.05, 0) is 46.0 Å². The fraction of sp³-hybridized carbons (Fsp3) is 0.875. The van der Waals surface area contributed by atoms with Crippen LogP contribution in [0.15, 0.2) is 12.2 Å². The summed E-state index contributed by atoms with van der Waals surface area (Å²) in [6.45, 7) is 6.58. The Bertz CT molecular complexity index is 544.